The Morgan fingerprint density at radius 3 is 2.65 bits per heavy atom. The molecule has 0 saturated carbocycles. The van der Waals surface area contributed by atoms with E-state index in [1.54, 1.807) is 6.07 Å². The van der Waals surface area contributed by atoms with Crippen LogP contribution in [0.15, 0.2) is 23.6 Å². The Kier molecular flexibility index (Phi) is 3.70. The maximum Gasteiger partial charge on any atom is 0.417 e. The summed E-state index contributed by atoms with van der Waals surface area (Å²) in [4.78, 5) is 2.20. The van der Waals surface area contributed by atoms with Crippen molar-refractivity contribution in [2.75, 3.05) is 26.2 Å². The highest BCUT2D eigenvalue weighted by atomic mass is 32.1. The molecule has 0 spiro atoms. The molecule has 0 atom stereocenters. The van der Waals surface area contributed by atoms with E-state index < -0.39 is 11.7 Å². The number of benzene rings is 1. The van der Waals surface area contributed by atoms with Gasteiger partial charge in [-0.25, -0.2) is 0 Å². The van der Waals surface area contributed by atoms with Gasteiger partial charge in [0, 0.05) is 42.8 Å². The summed E-state index contributed by atoms with van der Waals surface area (Å²) >= 11 is 1.39. The molecule has 0 aliphatic carbocycles. The number of alkyl halides is 3. The van der Waals surface area contributed by atoms with Gasteiger partial charge < -0.3 is 5.32 Å². The third-order valence-electron chi connectivity index (χ3n) is 3.58. The molecular formula is C14H15F3N2S. The molecular weight excluding hydrogens is 285 g/mol. The molecule has 0 bridgehead atoms. The van der Waals surface area contributed by atoms with Crippen molar-refractivity contribution < 1.29 is 13.2 Å². The summed E-state index contributed by atoms with van der Waals surface area (Å²) in [5.41, 5.74) is 0.279. The van der Waals surface area contributed by atoms with E-state index in [9.17, 15) is 13.2 Å². The molecule has 1 saturated heterocycles. The summed E-state index contributed by atoms with van der Waals surface area (Å²) in [6.07, 6.45) is -4.29. The summed E-state index contributed by atoms with van der Waals surface area (Å²) in [6, 6.07) is 4.42. The van der Waals surface area contributed by atoms with Gasteiger partial charge in [-0.2, -0.15) is 13.2 Å². The summed E-state index contributed by atoms with van der Waals surface area (Å²) in [5, 5.41) is 5.49. The monoisotopic (exact) mass is 300 g/mol. The topological polar surface area (TPSA) is 15.3 Å². The van der Waals surface area contributed by atoms with Gasteiger partial charge in [-0.15, -0.1) is 11.3 Å². The number of hydrogen-bond acceptors (Lipinski definition) is 3. The predicted octanol–water partition coefficient (Wildman–Crippen LogP) is 3.33. The second kappa shape index (κ2) is 5.35. The first kappa shape index (κ1) is 13.9. The molecule has 1 fully saturated rings. The molecule has 20 heavy (non-hydrogen) atoms. The zero-order valence-corrected chi connectivity index (χ0v) is 11.7. The van der Waals surface area contributed by atoms with Crippen LogP contribution in [0, 0.1) is 0 Å². The Morgan fingerprint density at radius 2 is 1.95 bits per heavy atom. The Morgan fingerprint density at radius 1 is 1.20 bits per heavy atom. The maximum atomic E-state index is 13.1. The van der Waals surface area contributed by atoms with E-state index in [2.05, 4.69) is 10.2 Å². The number of nitrogens with one attached hydrogen (secondary N) is 1. The minimum absolute atomic E-state index is 0.378. The molecule has 1 aliphatic heterocycles. The van der Waals surface area contributed by atoms with Crippen molar-refractivity contribution in [3.05, 3.63) is 34.7 Å². The Hall–Kier alpha value is -1.11. The summed E-state index contributed by atoms with van der Waals surface area (Å²) in [5.74, 6) is 0. The van der Waals surface area contributed by atoms with Crippen molar-refractivity contribution in [1.82, 2.24) is 10.2 Å². The molecule has 1 N–H and O–H groups in total. The van der Waals surface area contributed by atoms with Crippen LogP contribution in [0.2, 0.25) is 0 Å². The van der Waals surface area contributed by atoms with Crippen molar-refractivity contribution >= 4 is 21.4 Å². The first-order valence-electron chi connectivity index (χ1n) is 6.55. The molecule has 3 rings (SSSR count). The zero-order chi connectivity index (χ0) is 14.2. The van der Waals surface area contributed by atoms with Crippen LogP contribution in [-0.4, -0.2) is 31.1 Å². The van der Waals surface area contributed by atoms with Gasteiger partial charge in [0.15, 0.2) is 0 Å². The van der Waals surface area contributed by atoms with E-state index >= 15 is 0 Å². The summed E-state index contributed by atoms with van der Waals surface area (Å²) in [6.45, 7) is 4.15. The first-order valence-corrected chi connectivity index (χ1v) is 7.43. The minimum atomic E-state index is -4.29. The van der Waals surface area contributed by atoms with Crippen LogP contribution in [0.4, 0.5) is 13.2 Å². The number of thiophene rings is 1. The molecule has 0 unspecified atom stereocenters. The van der Waals surface area contributed by atoms with Crippen LogP contribution < -0.4 is 5.32 Å². The molecule has 2 nitrogen and oxygen atoms in total. The molecule has 1 aromatic carbocycles. The fourth-order valence-electron chi connectivity index (χ4n) is 2.62. The van der Waals surface area contributed by atoms with Gasteiger partial charge in [0.2, 0.25) is 0 Å². The van der Waals surface area contributed by atoms with E-state index in [1.807, 2.05) is 5.38 Å². The van der Waals surface area contributed by atoms with Gasteiger partial charge in [-0.1, -0.05) is 6.07 Å². The standard InChI is InChI=1S/C14H15F3N2S/c15-14(16,17)11-2-1-3-12-13(11)10(9-20-12)8-19-6-4-18-5-7-19/h1-3,9,18H,4-8H2. The third-order valence-corrected chi connectivity index (χ3v) is 4.58. The highest BCUT2D eigenvalue weighted by Crippen LogP contribution is 2.39. The minimum Gasteiger partial charge on any atom is -0.314 e. The first-order chi connectivity index (χ1) is 9.55. The Labute approximate surface area is 119 Å². The predicted molar refractivity (Wildman–Crippen MR) is 75.0 cm³/mol. The normalized spacial score (nSPS) is 17.8. The van der Waals surface area contributed by atoms with Crippen molar-refractivity contribution in [2.45, 2.75) is 12.7 Å². The third kappa shape index (κ3) is 2.68. The number of hydrogen-bond donors (Lipinski definition) is 1. The van der Waals surface area contributed by atoms with Crippen molar-refractivity contribution in [3.63, 3.8) is 0 Å². The second-order valence-electron chi connectivity index (χ2n) is 4.96. The Balaban J connectivity index is 1.98. The van der Waals surface area contributed by atoms with Crippen LogP contribution in [-0.2, 0) is 12.7 Å². The molecule has 6 heteroatoms. The van der Waals surface area contributed by atoms with Gasteiger partial charge in [-0.05, 0) is 23.1 Å². The SMILES string of the molecule is FC(F)(F)c1cccc2scc(CN3CCNCC3)c12. The van der Waals surface area contributed by atoms with Gasteiger partial charge in [0.05, 0.1) is 5.56 Å². The highest BCUT2D eigenvalue weighted by Gasteiger charge is 2.33. The lowest BCUT2D eigenvalue weighted by molar-refractivity contribution is -0.136. The van der Waals surface area contributed by atoms with Crippen molar-refractivity contribution in [3.8, 4) is 0 Å². The van der Waals surface area contributed by atoms with Crippen molar-refractivity contribution in [1.29, 1.82) is 0 Å². The van der Waals surface area contributed by atoms with E-state index in [4.69, 9.17) is 0 Å². The van der Waals surface area contributed by atoms with Crippen LogP contribution >= 0.6 is 11.3 Å². The number of fused-ring (bicyclic) bond motifs is 1. The van der Waals surface area contributed by atoms with E-state index in [1.165, 1.54) is 23.5 Å². The molecule has 2 heterocycles. The lowest BCUT2D eigenvalue weighted by Gasteiger charge is -2.27. The largest absolute Gasteiger partial charge is 0.417 e. The molecule has 0 amide bonds. The number of nitrogens with zero attached hydrogens (tertiary/aromatic N) is 1. The molecule has 0 radical (unpaired) electrons. The van der Waals surface area contributed by atoms with E-state index in [0.717, 1.165) is 31.7 Å². The van der Waals surface area contributed by atoms with Crippen LogP contribution in [0.1, 0.15) is 11.1 Å². The van der Waals surface area contributed by atoms with Gasteiger partial charge in [0.1, 0.15) is 0 Å². The van der Waals surface area contributed by atoms with Gasteiger partial charge >= 0.3 is 6.18 Å². The lowest BCUT2D eigenvalue weighted by atomic mass is 10.1. The van der Waals surface area contributed by atoms with Crippen LogP contribution in [0.25, 0.3) is 10.1 Å². The van der Waals surface area contributed by atoms with Gasteiger partial charge in [-0.3, -0.25) is 4.90 Å². The quantitative estimate of drug-likeness (QED) is 0.915. The highest BCUT2D eigenvalue weighted by molar-refractivity contribution is 7.17. The van der Waals surface area contributed by atoms with E-state index in [-0.39, 0.29) is 0 Å². The second-order valence-corrected chi connectivity index (χ2v) is 5.87. The van der Waals surface area contributed by atoms with Gasteiger partial charge in [0.25, 0.3) is 0 Å². The van der Waals surface area contributed by atoms with E-state index in [0.29, 0.717) is 16.6 Å². The maximum absolute atomic E-state index is 13.1. The summed E-state index contributed by atoms with van der Waals surface area (Å²) in [7, 11) is 0. The molecule has 1 aliphatic rings. The van der Waals surface area contributed by atoms with Crippen molar-refractivity contribution in [2.24, 2.45) is 0 Å². The number of rotatable bonds is 2. The number of halogens is 3. The summed E-state index contributed by atoms with van der Waals surface area (Å²) < 4.78 is 40.1. The molecule has 108 valence electrons. The fourth-order valence-corrected chi connectivity index (χ4v) is 3.59. The average molecular weight is 300 g/mol. The average Bonchev–Trinajstić information content (AvgIpc) is 2.82. The zero-order valence-electron chi connectivity index (χ0n) is 10.8. The molecule has 1 aromatic heterocycles. The fraction of sp³-hybridized carbons (Fsp3) is 0.429. The number of piperazine rings is 1. The van der Waals surface area contributed by atoms with Crippen LogP contribution in [0.5, 0.6) is 0 Å². The smallest absolute Gasteiger partial charge is 0.314 e. The molecule has 2 aromatic rings. The lowest BCUT2D eigenvalue weighted by Crippen LogP contribution is -2.42. The van der Waals surface area contributed by atoms with Crippen LogP contribution in [0.3, 0.4) is 0 Å². The Bertz CT molecular complexity index is 600.